The van der Waals surface area contributed by atoms with Gasteiger partial charge >= 0.3 is 11.9 Å². The number of hydrogen-bond donors (Lipinski definition) is 2. The van der Waals surface area contributed by atoms with Gasteiger partial charge in [-0.25, -0.2) is 9.59 Å². The largest absolute Gasteiger partial charge is 0.478 e. The van der Waals surface area contributed by atoms with Gasteiger partial charge in [-0.05, 0) is 12.1 Å². The molecule has 1 aromatic carbocycles. The van der Waals surface area contributed by atoms with Crippen LogP contribution in [-0.4, -0.2) is 27.1 Å². The van der Waals surface area contributed by atoms with E-state index in [0.29, 0.717) is 6.08 Å². The van der Waals surface area contributed by atoms with Crippen molar-refractivity contribution in [3.63, 3.8) is 0 Å². The Balaban J connectivity index is 2.92. The van der Waals surface area contributed by atoms with Gasteiger partial charge < -0.3 is 14.9 Å². The van der Waals surface area contributed by atoms with Crippen LogP contribution in [0.2, 0.25) is 0 Å². The Labute approximate surface area is 99.9 Å². The zero-order chi connectivity index (χ0) is 13.7. The molecule has 8 heteroatoms. The van der Waals surface area contributed by atoms with Crippen LogP contribution >= 0.6 is 0 Å². The molecule has 94 valence electrons. The molecule has 0 heterocycles. The number of benzene rings is 1. The predicted octanol–water partition coefficient (Wildman–Crippen LogP) is 1.03. The first-order valence-corrected chi connectivity index (χ1v) is 4.50. The monoisotopic (exact) mass is 253 g/mol. The smallest absolute Gasteiger partial charge is 0.372 e. The molecule has 0 saturated heterocycles. The van der Waals surface area contributed by atoms with Crippen molar-refractivity contribution in [1.82, 2.24) is 0 Å². The van der Waals surface area contributed by atoms with Crippen molar-refractivity contribution in [1.29, 1.82) is 0 Å². The average molecular weight is 253 g/mol. The first-order chi connectivity index (χ1) is 8.40. The van der Waals surface area contributed by atoms with E-state index in [1.807, 2.05) is 0 Å². The third-order valence-corrected chi connectivity index (χ3v) is 1.74. The topological polar surface area (TPSA) is 127 Å². The summed E-state index contributed by atoms with van der Waals surface area (Å²) < 4.78 is 4.78. The van der Waals surface area contributed by atoms with Gasteiger partial charge in [-0.15, -0.1) is 0 Å². The molecule has 0 aromatic heterocycles. The number of nitro benzene ring substituents is 1. The first kappa shape index (κ1) is 13.2. The molecule has 0 aliphatic carbocycles. The molecule has 0 amide bonds. The summed E-state index contributed by atoms with van der Waals surface area (Å²) in [5.74, 6) is -3.85. The molecule has 0 aliphatic heterocycles. The van der Waals surface area contributed by atoms with Crippen LogP contribution in [0.15, 0.2) is 36.1 Å². The number of ether oxygens (including phenoxy) is 1. The second kappa shape index (κ2) is 5.43. The summed E-state index contributed by atoms with van der Waals surface area (Å²) in [6.07, 6.45) is 0.379. The standard InChI is InChI=1S/C10H7NO7/c12-9(13)5-8(10(14)15)18-7-3-1-6(2-4-7)11(16)17/h1-5H,(H,12,13)(H,14,15)/b8-5+. The van der Waals surface area contributed by atoms with Crippen LogP contribution in [0.1, 0.15) is 0 Å². The molecule has 0 bridgehead atoms. The minimum atomic E-state index is -1.56. The Bertz CT molecular complexity index is 518. The molecule has 0 spiro atoms. The van der Waals surface area contributed by atoms with Crippen LogP contribution in [0.25, 0.3) is 0 Å². The van der Waals surface area contributed by atoms with Gasteiger partial charge in [-0.1, -0.05) is 0 Å². The van der Waals surface area contributed by atoms with Gasteiger partial charge in [0.2, 0.25) is 5.76 Å². The average Bonchev–Trinajstić information content (AvgIpc) is 2.28. The third-order valence-electron chi connectivity index (χ3n) is 1.74. The number of carboxylic acids is 2. The van der Waals surface area contributed by atoms with E-state index in [1.54, 1.807) is 0 Å². The summed E-state index contributed by atoms with van der Waals surface area (Å²) in [4.78, 5) is 30.7. The Hall–Kier alpha value is -2.90. The Morgan fingerprint density at radius 1 is 1.22 bits per heavy atom. The summed E-state index contributed by atoms with van der Waals surface area (Å²) in [6.45, 7) is 0. The third kappa shape index (κ3) is 3.59. The quantitative estimate of drug-likeness (QED) is 0.347. The maximum absolute atomic E-state index is 10.6. The maximum atomic E-state index is 10.6. The first-order valence-electron chi connectivity index (χ1n) is 4.50. The van der Waals surface area contributed by atoms with Crippen LogP contribution in [0.4, 0.5) is 5.69 Å². The highest BCUT2D eigenvalue weighted by Crippen LogP contribution is 2.19. The molecule has 0 radical (unpaired) electrons. The number of aliphatic carboxylic acids is 2. The second-order valence-electron chi connectivity index (χ2n) is 3.01. The van der Waals surface area contributed by atoms with E-state index >= 15 is 0 Å². The van der Waals surface area contributed by atoms with Gasteiger partial charge in [0.25, 0.3) is 5.69 Å². The predicted molar refractivity (Wildman–Crippen MR) is 57.1 cm³/mol. The van der Waals surface area contributed by atoms with Crippen molar-refractivity contribution >= 4 is 17.6 Å². The second-order valence-corrected chi connectivity index (χ2v) is 3.01. The number of carbonyl (C=O) groups is 2. The summed E-state index contributed by atoms with van der Waals surface area (Å²) in [5.41, 5.74) is -0.193. The SMILES string of the molecule is O=C(O)/C=C(/Oc1ccc([N+](=O)[O-])cc1)C(=O)O. The lowest BCUT2D eigenvalue weighted by atomic mass is 10.3. The summed E-state index contributed by atoms with van der Waals surface area (Å²) in [5, 5.41) is 27.4. The van der Waals surface area contributed by atoms with Gasteiger partial charge in [0.1, 0.15) is 5.75 Å². The van der Waals surface area contributed by atoms with Crippen molar-refractivity contribution < 1.29 is 29.5 Å². The number of rotatable bonds is 5. The van der Waals surface area contributed by atoms with Crippen LogP contribution in [0, 0.1) is 10.1 Å². The minimum Gasteiger partial charge on any atom is -0.478 e. The molecule has 0 saturated carbocycles. The van der Waals surface area contributed by atoms with Crippen LogP contribution in [-0.2, 0) is 9.59 Å². The van der Waals surface area contributed by atoms with Gasteiger partial charge in [-0.2, -0.15) is 0 Å². The molecule has 18 heavy (non-hydrogen) atoms. The zero-order valence-electron chi connectivity index (χ0n) is 8.77. The fourth-order valence-corrected chi connectivity index (χ4v) is 1.01. The highest BCUT2D eigenvalue weighted by Gasteiger charge is 2.13. The van der Waals surface area contributed by atoms with Crippen molar-refractivity contribution in [2.45, 2.75) is 0 Å². The number of non-ortho nitro benzene ring substituents is 1. The van der Waals surface area contributed by atoms with Gasteiger partial charge in [0.05, 0.1) is 11.0 Å². The van der Waals surface area contributed by atoms with Crippen LogP contribution < -0.4 is 4.74 Å². The Morgan fingerprint density at radius 2 is 1.78 bits per heavy atom. The maximum Gasteiger partial charge on any atom is 0.372 e. The Kier molecular flexibility index (Phi) is 3.98. The van der Waals surface area contributed by atoms with Crippen molar-refractivity contribution in [2.24, 2.45) is 0 Å². The van der Waals surface area contributed by atoms with E-state index in [9.17, 15) is 19.7 Å². The highest BCUT2D eigenvalue weighted by molar-refractivity contribution is 5.93. The number of nitro groups is 1. The summed E-state index contributed by atoms with van der Waals surface area (Å²) in [6, 6.07) is 4.54. The number of nitrogens with zero attached hydrogens (tertiary/aromatic N) is 1. The van der Waals surface area contributed by atoms with Crippen molar-refractivity contribution in [3.8, 4) is 5.75 Å². The molecule has 0 aliphatic rings. The molecule has 1 rings (SSSR count). The van der Waals surface area contributed by atoms with Gasteiger partial charge in [0.15, 0.2) is 0 Å². The minimum absolute atomic E-state index is 0.0181. The van der Waals surface area contributed by atoms with E-state index < -0.39 is 22.6 Å². The van der Waals surface area contributed by atoms with E-state index in [-0.39, 0.29) is 11.4 Å². The summed E-state index contributed by atoms with van der Waals surface area (Å²) in [7, 11) is 0. The van der Waals surface area contributed by atoms with Gasteiger partial charge in [-0.3, -0.25) is 10.1 Å². The lowest BCUT2D eigenvalue weighted by Crippen LogP contribution is -2.10. The van der Waals surface area contributed by atoms with E-state index in [4.69, 9.17) is 14.9 Å². The van der Waals surface area contributed by atoms with E-state index in [2.05, 4.69) is 0 Å². The van der Waals surface area contributed by atoms with Crippen LogP contribution in [0.5, 0.6) is 5.75 Å². The summed E-state index contributed by atoms with van der Waals surface area (Å²) >= 11 is 0. The molecular formula is C10H7NO7. The molecule has 2 N–H and O–H groups in total. The molecule has 8 nitrogen and oxygen atoms in total. The molecule has 0 unspecified atom stereocenters. The lowest BCUT2D eigenvalue weighted by Gasteiger charge is -2.04. The zero-order valence-corrected chi connectivity index (χ0v) is 8.77. The molecule has 0 fully saturated rings. The van der Waals surface area contributed by atoms with E-state index in [0.717, 1.165) is 24.3 Å². The lowest BCUT2D eigenvalue weighted by molar-refractivity contribution is -0.384. The number of hydrogen-bond acceptors (Lipinski definition) is 5. The molecule has 1 aromatic rings. The fourth-order valence-electron chi connectivity index (χ4n) is 1.01. The fraction of sp³-hybridized carbons (Fsp3) is 0. The van der Waals surface area contributed by atoms with Crippen LogP contribution in [0.3, 0.4) is 0 Å². The van der Waals surface area contributed by atoms with E-state index in [1.165, 1.54) is 0 Å². The molecular weight excluding hydrogens is 246 g/mol. The van der Waals surface area contributed by atoms with Gasteiger partial charge in [0, 0.05) is 12.1 Å². The highest BCUT2D eigenvalue weighted by atomic mass is 16.6. The molecule has 0 atom stereocenters. The number of carboxylic acid groups (broad SMARTS) is 2. The van der Waals surface area contributed by atoms with Crippen molar-refractivity contribution in [3.05, 3.63) is 46.2 Å². The normalized spacial score (nSPS) is 10.8. The Morgan fingerprint density at radius 3 is 2.17 bits per heavy atom. The van der Waals surface area contributed by atoms with Crippen molar-refractivity contribution in [2.75, 3.05) is 0 Å².